The van der Waals surface area contributed by atoms with Crippen LogP contribution in [0.2, 0.25) is 0 Å². The van der Waals surface area contributed by atoms with Crippen molar-refractivity contribution in [1.82, 2.24) is 5.48 Å². The molecule has 0 spiro atoms. The molecule has 2 aromatic carbocycles. The quantitative estimate of drug-likeness (QED) is 0.885. The molecule has 0 unspecified atom stereocenters. The second kappa shape index (κ2) is 6.49. The van der Waals surface area contributed by atoms with Crippen LogP contribution in [0.3, 0.4) is 0 Å². The van der Waals surface area contributed by atoms with Crippen molar-refractivity contribution in [3.8, 4) is 11.5 Å². The highest BCUT2D eigenvalue weighted by atomic mass is 16.7. The van der Waals surface area contributed by atoms with Crippen molar-refractivity contribution in [3.05, 3.63) is 59.7 Å². The smallest absolute Gasteiger partial charge is 0.325 e. The van der Waals surface area contributed by atoms with Crippen molar-refractivity contribution in [3.63, 3.8) is 0 Å². The van der Waals surface area contributed by atoms with Crippen LogP contribution in [-0.2, 0) is 16.1 Å². The van der Waals surface area contributed by atoms with E-state index < -0.39 is 12.2 Å². The highest BCUT2D eigenvalue weighted by molar-refractivity contribution is 5.79. The Balaban J connectivity index is 1.95. The number of carbonyl (C=O) groups is 1. The summed E-state index contributed by atoms with van der Waals surface area (Å²) in [6.45, 7) is 2.15. The van der Waals surface area contributed by atoms with Crippen molar-refractivity contribution in [2.45, 2.75) is 19.6 Å². The van der Waals surface area contributed by atoms with Crippen LogP contribution in [-0.4, -0.2) is 18.8 Å². The molecule has 114 valence electrons. The molecule has 22 heavy (non-hydrogen) atoms. The Morgan fingerprint density at radius 3 is 2.18 bits per heavy atom. The number of fused-ring (bicyclic) bond motifs is 2. The minimum Gasteiger partial charge on any atom is -0.446 e. The van der Waals surface area contributed by atoms with Gasteiger partial charge in [-0.05, 0) is 30.2 Å². The molecule has 0 fully saturated rings. The van der Waals surface area contributed by atoms with Crippen molar-refractivity contribution < 1.29 is 19.1 Å². The molecule has 0 bridgehead atoms. The summed E-state index contributed by atoms with van der Waals surface area (Å²) in [6, 6.07) is 15.2. The second-order valence-corrected chi connectivity index (χ2v) is 4.86. The zero-order chi connectivity index (χ0) is 15.4. The fraction of sp³-hybridized carbons (Fsp3) is 0.235. The molecule has 0 saturated heterocycles. The number of hydrogen-bond donors (Lipinski definition) is 1. The average Bonchev–Trinajstić information content (AvgIpc) is 2.53. The van der Waals surface area contributed by atoms with E-state index in [-0.39, 0.29) is 0 Å². The lowest BCUT2D eigenvalue weighted by Gasteiger charge is -2.25. The second-order valence-electron chi connectivity index (χ2n) is 4.86. The Kier molecular flexibility index (Phi) is 4.25. The highest BCUT2D eigenvalue weighted by Gasteiger charge is 2.27. The third kappa shape index (κ3) is 3.04. The van der Waals surface area contributed by atoms with Crippen LogP contribution in [0.15, 0.2) is 48.5 Å². The number of carbonyl (C=O) groups excluding carboxylic acids is 1. The van der Waals surface area contributed by atoms with E-state index in [4.69, 9.17) is 14.3 Å². The van der Waals surface area contributed by atoms with Crippen LogP contribution in [0.1, 0.15) is 18.1 Å². The summed E-state index contributed by atoms with van der Waals surface area (Å²) in [5.74, 6) is 0.788. The van der Waals surface area contributed by atoms with Gasteiger partial charge in [0.1, 0.15) is 11.5 Å². The lowest BCUT2D eigenvalue weighted by Crippen LogP contribution is -2.43. The van der Waals surface area contributed by atoms with Crippen LogP contribution in [0.5, 0.6) is 11.5 Å². The maximum Gasteiger partial charge on any atom is 0.325 e. The molecule has 0 aromatic heterocycles. The Hall–Kier alpha value is -2.53. The van der Waals surface area contributed by atoms with E-state index in [1.807, 2.05) is 48.5 Å². The van der Waals surface area contributed by atoms with Gasteiger partial charge in [0.2, 0.25) is 0 Å². The molecule has 1 amide bonds. The minimum absolute atomic E-state index is 0.367. The van der Waals surface area contributed by atoms with Gasteiger partial charge in [0.25, 0.3) is 0 Å². The lowest BCUT2D eigenvalue weighted by molar-refractivity contribution is -0.153. The molecule has 3 rings (SSSR count). The molecule has 0 aliphatic carbocycles. The molecule has 1 N–H and O–H groups in total. The minimum atomic E-state index is -1.10. The first-order valence-corrected chi connectivity index (χ1v) is 7.18. The summed E-state index contributed by atoms with van der Waals surface area (Å²) < 4.78 is 11.5. The topological polar surface area (TPSA) is 56.8 Å². The maximum absolute atomic E-state index is 12.2. The summed E-state index contributed by atoms with van der Waals surface area (Å²) in [5, 5.41) is 0. The number of para-hydroxylation sites is 2. The highest BCUT2D eigenvalue weighted by Crippen LogP contribution is 2.30. The Bertz CT molecular complexity index is 624. The fourth-order valence-electron chi connectivity index (χ4n) is 2.29. The van der Waals surface area contributed by atoms with E-state index in [1.54, 1.807) is 6.92 Å². The maximum atomic E-state index is 12.2. The van der Waals surface area contributed by atoms with Gasteiger partial charge in [0.15, 0.2) is 0 Å². The van der Waals surface area contributed by atoms with Gasteiger partial charge in [-0.2, -0.15) is 0 Å². The number of amides is 1. The normalized spacial score (nSPS) is 13.7. The van der Waals surface area contributed by atoms with E-state index >= 15 is 0 Å². The van der Waals surface area contributed by atoms with Crippen LogP contribution >= 0.6 is 0 Å². The summed E-state index contributed by atoms with van der Waals surface area (Å²) in [5.41, 5.74) is 4.34. The van der Waals surface area contributed by atoms with Gasteiger partial charge < -0.3 is 9.47 Å². The number of nitrogens with one attached hydrogen (secondary N) is 1. The van der Waals surface area contributed by atoms with Gasteiger partial charge in [-0.1, -0.05) is 36.4 Å². The van der Waals surface area contributed by atoms with Crippen LogP contribution in [0.4, 0.5) is 0 Å². The van der Waals surface area contributed by atoms with Crippen LogP contribution in [0, 0.1) is 0 Å². The molecule has 0 atom stereocenters. The largest absolute Gasteiger partial charge is 0.446 e. The van der Waals surface area contributed by atoms with Crippen LogP contribution < -0.4 is 15.0 Å². The molecule has 1 aliphatic rings. The molecule has 2 aromatic rings. The summed E-state index contributed by atoms with van der Waals surface area (Å²) >= 11 is 0. The van der Waals surface area contributed by atoms with Gasteiger partial charge in [-0.15, -0.1) is 0 Å². The molecule has 1 heterocycles. The van der Waals surface area contributed by atoms with E-state index in [1.165, 1.54) is 0 Å². The Labute approximate surface area is 128 Å². The van der Waals surface area contributed by atoms with E-state index in [0.717, 1.165) is 11.1 Å². The van der Waals surface area contributed by atoms with E-state index in [2.05, 4.69) is 5.48 Å². The first-order valence-electron chi connectivity index (χ1n) is 7.18. The SMILES string of the molecule is CCONC(=O)C1Oc2ccccc2Cc2ccccc2O1. The first-order chi connectivity index (χ1) is 10.8. The molecule has 0 radical (unpaired) electrons. The number of benzene rings is 2. The van der Waals surface area contributed by atoms with Crippen molar-refractivity contribution in [2.24, 2.45) is 0 Å². The molecule has 5 nitrogen and oxygen atoms in total. The van der Waals surface area contributed by atoms with Gasteiger partial charge in [0, 0.05) is 6.42 Å². The fourth-order valence-corrected chi connectivity index (χ4v) is 2.29. The molecule has 1 aliphatic heterocycles. The summed E-state index contributed by atoms with van der Waals surface area (Å²) in [4.78, 5) is 17.1. The Morgan fingerprint density at radius 2 is 1.64 bits per heavy atom. The number of ether oxygens (including phenoxy) is 2. The number of hydroxylamine groups is 1. The van der Waals surface area contributed by atoms with Gasteiger partial charge in [-0.3, -0.25) is 9.63 Å². The van der Waals surface area contributed by atoms with Crippen LogP contribution in [0.25, 0.3) is 0 Å². The van der Waals surface area contributed by atoms with E-state index in [0.29, 0.717) is 24.5 Å². The predicted octanol–water partition coefficient (Wildman–Crippen LogP) is 2.44. The molecular formula is C17H17NO4. The molecule has 5 heteroatoms. The standard InChI is InChI=1S/C17H17NO4/c1-2-20-18-16(19)17-21-14-9-5-3-7-12(14)11-13-8-4-6-10-15(13)22-17/h3-10,17H,2,11H2,1H3,(H,18,19). The van der Waals surface area contributed by atoms with E-state index in [9.17, 15) is 4.79 Å². The third-order valence-electron chi connectivity index (χ3n) is 3.33. The predicted molar refractivity (Wildman–Crippen MR) is 80.5 cm³/mol. The zero-order valence-electron chi connectivity index (χ0n) is 12.2. The summed E-state index contributed by atoms with van der Waals surface area (Å²) in [7, 11) is 0. The van der Waals surface area contributed by atoms with Gasteiger partial charge in [-0.25, -0.2) is 5.48 Å². The summed E-state index contributed by atoms with van der Waals surface area (Å²) in [6.07, 6.45) is -0.416. The Morgan fingerprint density at radius 1 is 1.09 bits per heavy atom. The number of hydrogen-bond acceptors (Lipinski definition) is 4. The first kappa shape index (κ1) is 14.4. The third-order valence-corrected chi connectivity index (χ3v) is 3.33. The van der Waals surface area contributed by atoms with Gasteiger partial charge >= 0.3 is 12.2 Å². The van der Waals surface area contributed by atoms with Crippen molar-refractivity contribution >= 4 is 5.91 Å². The molecular weight excluding hydrogens is 282 g/mol. The molecule has 0 saturated carbocycles. The van der Waals surface area contributed by atoms with Crippen molar-refractivity contribution in [2.75, 3.05) is 6.61 Å². The zero-order valence-corrected chi connectivity index (χ0v) is 12.2. The average molecular weight is 299 g/mol. The lowest BCUT2D eigenvalue weighted by atomic mass is 10.0. The monoisotopic (exact) mass is 299 g/mol. The van der Waals surface area contributed by atoms with Crippen molar-refractivity contribution in [1.29, 1.82) is 0 Å². The van der Waals surface area contributed by atoms with Gasteiger partial charge in [0.05, 0.1) is 6.61 Å². The number of rotatable bonds is 3.